The van der Waals surface area contributed by atoms with Crippen LogP contribution in [0.4, 0.5) is 10.5 Å². The van der Waals surface area contributed by atoms with Gasteiger partial charge in [-0.25, -0.2) is 9.59 Å². The van der Waals surface area contributed by atoms with Gasteiger partial charge in [-0.1, -0.05) is 31.4 Å². The zero-order valence-electron chi connectivity index (χ0n) is 14.0. The first kappa shape index (κ1) is 19.1. The van der Waals surface area contributed by atoms with E-state index in [4.69, 9.17) is 22.1 Å². The van der Waals surface area contributed by atoms with Gasteiger partial charge < -0.3 is 15.8 Å². The third-order valence-corrected chi connectivity index (χ3v) is 4.48. The summed E-state index contributed by atoms with van der Waals surface area (Å²) in [6, 6.07) is 3.79. The lowest BCUT2D eigenvalue weighted by molar-refractivity contribution is -0.123. The van der Waals surface area contributed by atoms with Crippen molar-refractivity contribution in [3.8, 4) is 0 Å². The number of imide groups is 1. The van der Waals surface area contributed by atoms with Crippen molar-refractivity contribution in [3.63, 3.8) is 0 Å². The molecular weight excluding hydrogens is 346 g/mol. The van der Waals surface area contributed by atoms with Crippen LogP contribution in [0.1, 0.15) is 43.0 Å². The first-order chi connectivity index (χ1) is 11.9. The number of nitrogens with two attached hydrogens (primary N) is 1. The monoisotopic (exact) mass is 367 g/mol. The van der Waals surface area contributed by atoms with E-state index in [1.807, 2.05) is 0 Å². The molecule has 3 amide bonds. The lowest BCUT2D eigenvalue weighted by Crippen LogP contribution is -2.48. The zero-order chi connectivity index (χ0) is 18.4. The van der Waals surface area contributed by atoms with Crippen LogP contribution in [0.3, 0.4) is 0 Å². The van der Waals surface area contributed by atoms with E-state index >= 15 is 0 Å². The van der Waals surface area contributed by atoms with Gasteiger partial charge in [-0.05, 0) is 37.0 Å². The second-order valence-electron chi connectivity index (χ2n) is 6.20. The minimum atomic E-state index is -0.759. The summed E-state index contributed by atoms with van der Waals surface area (Å²) in [6.45, 7) is 1.50. The van der Waals surface area contributed by atoms with E-state index in [-0.39, 0.29) is 17.3 Å². The van der Waals surface area contributed by atoms with Crippen molar-refractivity contribution in [1.29, 1.82) is 0 Å². The van der Waals surface area contributed by atoms with Gasteiger partial charge in [0.2, 0.25) is 0 Å². The largest absolute Gasteiger partial charge is 0.452 e. The molecule has 0 unspecified atom stereocenters. The van der Waals surface area contributed by atoms with Crippen molar-refractivity contribution in [3.05, 3.63) is 28.8 Å². The highest BCUT2D eigenvalue weighted by atomic mass is 35.5. The first-order valence-corrected chi connectivity index (χ1v) is 8.57. The number of nitrogen functional groups attached to an aromatic ring is 1. The molecule has 0 aromatic heterocycles. The fourth-order valence-electron chi connectivity index (χ4n) is 2.83. The molecule has 0 radical (unpaired) electrons. The fraction of sp³-hybridized carbons (Fsp3) is 0.471. The number of carbonyl (C=O) groups excluding carboxylic acids is 3. The van der Waals surface area contributed by atoms with Crippen LogP contribution in [0, 0.1) is 5.92 Å². The van der Waals surface area contributed by atoms with Crippen LogP contribution in [-0.4, -0.2) is 30.6 Å². The number of hydrogen-bond acceptors (Lipinski definition) is 5. The Morgan fingerprint density at radius 2 is 2.00 bits per heavy atom. The van der Waals surface area contributed by atoms with E-state index in [0.717, 1.165) is 25.7 Å². The summed E-state index contributed by atoms with van der Waals surface area (Å²) in [5.41, 5.74) is 5.94. The lowest BCUT2D eigenvalue weighted by Gasteiger charge is -2.29. The average Bonchev–Trinajstić information content (AvgIpc) is 2.54. The van der Waals surface area contributed by atoms with Crippen LogP contribution in [0.5, 0.6) is 0 Å². The van der Waals surface area contributed by atoms with E-state index in [9.17, 15) is 14.4 Å². The molecule has 0 bridgehead atoms. The molecule has 136 valence electrons. The molecule has 0 aliphatic heterocycles. The molecule has 1 aromatic rings. The van der Waals surface area contributed by atoms with Crippen molar-refractivity contribution in [2.75, 3.05) is 12.3 Å². The Bertz CT molecular complexity index is 665. The minimum absolute atomic E-state index is 0.0537. The maximum atomic E-state index is 11.9. The van der Waals surface area contributed by atoms with Gasteiger partial charge in [-0.2, -0.15) is 0 Å². The number of amides is 3. The summed E-state index contributed by atoms with van der Waals surface area (Å²) < 4.78 is 4.87. The number of nitrogens with one attached hydrogen (secondary N) is 2. The molecule has 2 atom stereocenters. The highest BCUT2D eigenvalue weighted by Crippen LogP contribution is 2.23. The molecule has 1 aliphatic carbocycles. The van der Waals surface area contributed by atoms with Crippen molar-refractivity contribution in [1.82, 2.24) is 10.6 Å². The molecule has 1 aromatic carbocycles. The quantitative estimate of drug-likeness (QED) is 0.559. The lowest BCUT2D eigenvalue weighted by atomic mass is 9.86. The Kier molecular flexibility index (Phi) is 6.64. The number of halogens is 1. The van der Waals surface area contributed by atoms with E-state index < -0.39 is 24.5 Å². The number of benzene rings is 1. The molecule has 0 heterocycles. The van der Waals surface area contributed by atoms with Crippen LogP contribution >= 0.6 is 11.6 Å². The van der Waals surface area contributed by atoms with Crippen LogP contribution in [0.2, 0.25) is 5.02 Å². The maximum absolute atomic E-state index is 11.9. The van der Waals surface area contributed by atoms with Gasteiger partial charge >= 0.3 is 12.0 Å². The predicted octanol–water partition coefficient (Wildman–Crippen LogP) is 2.48. The topological polar surface area (TPSA) is 111 Å². The number of hydrogen-bond donors (Lipinski definition) is 3. The van der Waals surface area contributed by atoms with Crippen molar-refractivity contribution in [2.45, 2.75) is 38.6 Å². The van der Waals surface area contributed by atoms with Crippen LogP contribution in [0.25, 0.3) is 0 Å². The summed E-state index contributed by atoms with van der Waals surface area (Å²) in [6.07, 6.45) is 4.17. The molecule has 1 aliphatic rings. The summed E-state index contributed by atoms with van der Waals surface area (Å²) in [5, 5.41) is 5.34. The van der Waals surface area contributed by atoms with Crippen molar-refractivity contribution >= 4 is 35.2 Å². The molecule has 8 heteroatoms. The molecule has 25 heavy (non-hydrogen) atoms. The van der Waals surface area contributed by atoms with Crippen LogP contribution in [0.15, 0.2) is 18.2 Å². The molecular formula is C17H22ClN3O4. The Morgan fingerprint density at radius 1 is 1.28 bits per heavy atom. The fourth-order valence-corrected chi connectivity index (χ4v) is 3.01. The molecule has 0 spiro atoms. The molecule has 1 fully saturated rings. The van der Waals surface area contributed by atoms with E-state index in [1.165, 1.54) is 18.2 Å². The average molecular weight is 368 g/mol. The molecule has 0 saturated heterocycles. The van der Waals surface area contributed by atoms with Crippen LogP contribution in [-0.2, 0) is 9.53 Å². The zero-order valence-corrected chi connectivity index (χ0v) is 14.8. The molecule has 1 saturated carbocycles. The number of rotatable bonds is 4. The Labute approximate surface area is 151 Å². The van der Waals surface area contributed by atoms with Gasteiger partial charge in [-0.15, -0.1) is 0 Å². The predicted molar refractivity (Wildman–Crippen MR) is 94.2 cm³/mol. The van der Waals surface area contributed by atoms with Gasteiger partial charge in [-0.3, -0.25) is 10.1 Å². The van der Waals surface area contributed by atoms with Crippen LogP contribution < -0.4 is 16.4 Å². The van der Waals surface area contributed by atoms with E-state index in [1.54, 1.807) is 0 Å². The Morgan fingerprint density at radius 3 is 2.68 bits per heavy atom. The van der Waals surface area contributed by atoms with Crippen molar-refractivity contribution in [2.24, 2.45) is 5.92 Å². The Balaban J connectivity index is 1.77. The van der Waals surface area contributed by atoms with Gasteiger partial charge in [0.25, 0.3) is 5.91 Å². The summed E-state index contributed by atoms with van der Waals surface area (Å²) in [5.74, 6) is -1.09. The highest BCUT2D eigenvalue weighted by Gasteiger charge is 2.23. The molecule has 7 nitrogen and oxygen atoms in total. The summed E-state index contributed by atoms with van der Waals surface area (Å²) >= 11 is 5.76. The highest BCUT2D eigenvalue weighted by molar-refractivity contribution is 6.31. The van der Waals surface area contributed by atoms with Gasteiger partial charge in [0.15, 0.2) is 6.61 Å². The normalized spacial score (nSPS) is 19.8. The van der Waals surface area contributed by atoms with Gasteiger partial charge in [0, 0.05) is 16.8 Å². The first-order valence-electron chi connectivity index (χ1n) is 8.19. The number of urea groups is 1. The molecule has 4 N–H and O–H groups in total. The number of esters is 1. The molecule has 2 rings (SSSR count). The second kappa shape index (κ2) is 8.71. The second-order valence-corrected chi connectivity index (χ2v) is 6.63. The maximum Gasteiger partial charge on any atom is 0.340 e. The third kappa shape index (κ3) is 5.63. The third-order valence-electron chi connectivity index (χ3n) is 4.25. The standard InChI is InChI=1S/C17H22ClN3O4/c1-10-4-2-3-5-14(10)20-17(24)21-15(22)9-25-16(23)12-7-6-11(18)8-13(12)19/h6-8,10,14H,2-5,9,19H2,1H3,(H2,20,21,22,24)/t10-,14+/m0/s1. The van der Waals surface area contributed by atoms with E-state index in [0.29, 0.717) is 10.9 Å². The number of carbonyl (C=O) groups is 3. The number of ether oxygens (including phenoxy) is 1. The summed E-state index contributed by atoms with van der Waals surface area (Å²) in [7, 11) is 0. The van der Waals surface area contributed by atoms with Gasteiger partial charge in [0.1, 0.15) is 0 Å². The van der Waals surface area contributed by atoms with Crippen molar-refractivity contribution < 1.29 is 19.1 Å². The van der Waals surface area contributed by atoms with E-state index in [2.05, 4.69) is 17.6 Å². The number of anilines is 1. The Hall–Kier alpha value is -2.28. The SMILES string of the molecule is C[C@H]1CCCC[C@H]1NC(=O)NC(=O)COC(=O)c1ccc(Cl)cc1N. The smallest absolute Gasteiger partial charge is 0.340 e. The van der Waals surface area contributed by atoms with Gasteiger partial charge in [0.05, 0.1) is 5.56 Å². The minimum Gasteiger partial charge on any atom is -0.452 e. The summed E-state index contributed by atoms with van der Waals surface area (Å²) in [4.78, 5) is 35.5.